The summed E-state index contributed by atoms with van der Waals surface area (Å²) < 4.78 is 6.82. The van der Waals surface area contributed by atoms with Crippen molar-refractivity contribution in [2.75, 3.05) is 0 Å². The maximum Gasteiger partial charge on any atom is 0.242 e. The molecular weight excluding hydrogens is 348 g/mol. The molecule has 0 radical (unpaired) electrons. The van der Waals surface area contributed by atoms with E-state index in [4.69, 9.17) is 4.42 Å². The van der Waals surface area contributed by atoms with Crippen molar-refractivity contribution in [3.05, 3.63) is 72.3 Å². The molecule has 0 unspecified atom stereocenters. The monoisotopic (exact) mass is 364 g/mol. The Morgan fingerprint density at radius 3 is 2.92 bits per heavy atom. The van der Waals surface area contributed by atoms with Crippen molar-refractivity contribution >= 4 is 17.2 Å². The number of amides is 1. The number of benzene rings is 1. The summed E-state index contributed by atoms with van der Waals surface area (Å²) in [6.07, 6.45) is 5.18. The third-order valence-electron chi connectivity index (χ3n) is 3.82. The van der Waals surface area contributed by atoms with E-state index in [2.05, 4.69) is 21.5 Å². The predicted molar refractivity (Wildman–Crippen MR) is 99.3 cm³/mol. The van der Waals surface area contributed by atoms with Gasteiger partial charge in [0.2, 0.25) is 5.91 Å². The summed E-state index contributed by atoms with van der Waals surface area (Å²) in [5.74, 6) is 0.603. The van der Waals surface area contributed by atoms with Crippen molar-refractivity contribution in [2.45, 2.75) is 13.1 Å². The Balaban J connectivity index is 1.43. The quantitative estimate of drug-likeness (QED) is 0.567. The summed E-state index contributed by atoms with van der Waals surface area (Å²) in [5, 5.41) is 10.2. The molecule has 1 N–H and O–H groups in total. The van der Waals surface area contributed by atoms with Gasteiger partial charge in [0.15, 0.2) is 0 Å². The van der Waals surface area contributed by atoms with E-state index in [0.29, 0.717) is 6.54 Å². The van der Waals surface area contributed by atoms with Gasteiger partial charge in [-0.3, -0.25) is 9.48 Å². The summed E-state index contributed by atoms with van der Waals surface area (Å²) >= 11 is 1.60. The summed E-state index contributed by atoms with van der Waals surface area (Å²) in [4.78, 5) is 16.4. The van der Waals surface area contributed by atoms with E-state index in [-0.39, 0.29) is 12.5 Å². The zero-order valence-electron chi connectivity index (χ0n) is 13.8. The number of carbonyl (C=O) groups excluding carboxylic acids is 1. The van der Waals surface area contributed by atoms with Gasteiger partial charge in [0.1, 0.15) is 17.3 Å². The molecule has 0 aliphatic carbocycles. The molecule has 6 nitrogen and oxygen atoms in total. The fourth-order valence-electron chi connectivity index (χ4n) is 2.58. The van der Waals surface area contributed by atoms with E-state index in [1.807, 2.05) is 35.7 Å². The molecule has 0 atom stereocenters. The molecule has 0 spiro atoms. The number of hydrogen-bond acceptors (Lipinski definition) is 5. The Hall–Kier alpha value is -3.19. The van der Waals surface area contributed by atoms with E-state index >= 15 is 0 Å². The smallest absolute Gasteiger partial charge is 0.242 e. The average Bonchev–Trinajstić information content (AvgIpc) is 3.42. The minimum absolute atomic E-state index is 0.118. The van der Waals surface area contributed by atoms with Crippen LogP contribution in [0.3, 0.4) is 0 Å². The first kappa shape index (κ1) is 16.3. The fraction of sp³-hybridized carbons (Fsp3) is 0.105. The SMILES string of the molecule is O=C(Cn1ccc(-c2cccc(-c3nccs3)c2)n1)NCc1ccco1. The number of thiazole rings is 1. The van der Waals surface area contributed by atoms with Crippen molar-refractivity contribution < 1.29 is 9.21 Å². The minimum atomic E-state index is -0.118. The van der Waals surface area contributed by atoms with Crippen molar-refractivity contribution in [2.24, 2.45) is 0 Å². The number of rotatable bonds is 6. The molecule has 4 rings (SSSR count). The van der Waals surface area contributed by atoms with E-state index in [9.17, 15) is 4.79 Å². The third-order valence-corrected chi connectivity index (χ3v) is 4.65. The van der Waals surface area contributed by atoms with Gasteiger partial charge >= 0.3 is 0 Å². The van der Waals surface area contributed by atoms with Crippen LogP contribution in [0.15, 0.2) is 70.9 Å². The first-order valence-electron chi connectivity index (χ1n) is 8.11. The molecule has 1 amide bonds. The van der Waals surface area contributed by atoms with Gasteiger partial charge in [0.25, 0.3) is 0 Å². The summed E-state index contributed by atoms with van der Waals surface area (Å²) in [6, 6.07) is 13.6. The Kier molecular flexibility index (Phi) is 4.61. The molecule has 3 heterocycles. The second kappa shape index (κ2) is 7.37. The Bertz CT molecular complexity index is 990. The lowest BCUT2D eigenvalue weighted by Crippen LogP contribution is -2.27. The van der Waals surface area contributed by atoms with Gasteiger partial charge < -0.3 is 9.73 Å². The largest absolute Gasteiger partial charge is 0.467 e. The Morgan fingerprint density at radius 1 is 1.19 bits per heavy atom. The van der Waals surface area contributed by atoms with Crippen LogP contribution in [-0.4, -0.2) is 20.7 Å². The van der Waals surface area contributed by atoms with Crippen LogP contribution in [0.5, 0.6) is 0 Å². The van der Waals surface area contributed by atoms with Crippen molar-refractivity contribution in [3.8, 4) is 21.8 Å². The Labute approximate surface area is 154 Å². The normalized spacial score (nSPS) is 10.8. The van der Waals surface area contributed by atoms with Gasteiger partial charge in [-0.15, -0.1) is 11.3 Å². The van der Waals surface area contributed by atoms with Crippen molar-refractivity contribution in [1.29, 1.82) is 0 Å². The topological polar surface area (TPSA) is 73.0 Å². The number of hydrogen-bond donors (Lipinski definition) is 1. The molecule has 0 bridgehead atoms. The van der Waals surface area contributed by atoms with Gasteiger partial charge in [-0.25, -0.2) is 4.98 Å². The zero-order chi connectivity index (χ0) is 17.8. The number of nitrogens with one attached hydrogen (secondary N) is 1. The van der Waals surface area contributed by atoms with Crippen molar-refractivity contribution in [3.63, 3.8) is 0 Å². The highest BCUT2D eigenvalue weighted by Crippen LogP contribution is 2.26. The number of aromatic nitrogens is 3. The molecule has 0 aliphatic heterocycles. The highest BCUT2D eigenvalue weighted by Gasteiger charge is 2.08. The molecule has 0 aliphatic rings. The van der Waals surface area contributed by atoms with E-state index in [1.165, 1.54) is 0 Å². The number of furan rings is 1. The molecule has 7 heteroatoms. The summed E-state index contributed by atoms with van der Waals surface area (Å²) in [6.45, 7) is 0.530. The fourth-order valence-corrected chi connectivity index (χ4v) is 3.22. The van der Waals surface area contributed by atoms with E-state index in [0.717, 1.165) is 27.6 Å². The minimum Gasteiger partial charge on any atom is -0.467 e. The molecule has 0 fully saturated rings. The lowest BCUT2D eigenvalue weighted by molar-refractivity contribution is -0.122. The van der Waals surface area contributed by atoms with Gasteiger partial charge in [-0.05, 0) is 24.3 Å². The lowest BCUT2D eigenvalue weighted by atomic mass is 10.1. The molecule has 26 heavy (non-hydrogen) atoms. The second-order valence-corrected chi connectivity index (χ2v) is 6.57. The van der Waals surface area contributed by atoms with E-state index < -0.39 is 0 Å². The molecule has 0 saturated carbocycles. The molecule has 3 aromatic heterocycles. The van der Waals surface area contributed by atoms with Gasteiger partial charge in [0.05, 0.1) is 18.5 Å². The first-order valence-corrected chi connectivity index (χ1v) is 8.99. The van der Waals surface area contributed by atoms with Crippen LogP contribution in [-0.2, 0) is 17.9 Å². The summed E-state index contributed by atoms with van der Waals surface area (Å²) in [5.41, 5.74) is 2.87. The Morgan fingerprint density at radius 2 is 2.12 bits per heavy atom. The predicted octanol–water partition coefficient (Wildman–Crippen LogP) is 3.58. The molecule has 130 valence electrons. The third kappa shape index (κ3) is 3.73. The lowest BCUT2D eigenvalue weighted by Gasteiger charge is -2.04. The maximum absolute atomic E-state index is 12.0. The van der Waals surface area contributed by atoms with Crippen LogP contribution in [0, 0.1) is 0 Å². The van der Waals surface area contributed by atoms with Crippen LogP contribution in [0.2, 0.25) is 0 Å². The van der Waals surface area contributed by atoms with Crippen LogP contribution >= 0.6 is 11.3 Å². The zero-order valence-corrected chi connectivity index (χ0v) is 14.6. The highest BCUT2D eigenvalue weighted by atomic mass is 32.1. The molecule has 1 aromatic carbocycles. The average molecular weight is 364 g/mol. The van der Waals surface area contributed by atoms with Crippen LogP contribution in [0.1, 0.15) is 5.76 Å². The second-order valence-electron chi connectivity index (χ2n) is 5.67. The van der Waals surface area contributed by atoms with Crippen LogP contribution in [0.25, 0.3) is 21.8 Å². The molecular formula is C19H16N4O2S. The summed E-state index contributed by atoms with van der Waals surface area (Å²) in [7, 11) is 0. The first-order chi connectivity index (χ1) is 12.8. The molecule has 0 saturated heterocycles. The highest BCUT2D eigenvalue weighted by molar-refractivity contribution is 7.13. The van der Waals surface area contributed by atoms with Gasteiger partial charge in [-0.2, -0.15) is 5.10 Å². The van der Waals surface area contributed by atoms with E-state index in [1.54, 1.807) is 40.7 Å². The number of nitrogens with zero attached hydrogens (tertiary/aromatic N) is 3. The standard InChI is InChI=1S/C19H16N4O2S/c24-18(21-12-16-5-2-9-25-16)13-23-8-6-17(22-23)14-3-1-4-15(11-14)19-20-7-10-26-19/h1-11H,12-13H2,(H,21,24). The van der Waals surface area contributed by atoms with Crippen molar-refractivity contribution in [1.82, 2.24) is 20.1 Å². The molecule has 4 aromatic rings. The van der Waals surface area contributed by atoms with Gasteiger partial charge in [0, 0.05) is 28.9 Å². The van der Waals surface area contributed by atoms with Crippen LogP contribution < -0.4 is 5.32 Å². The number of carbonyl (C=O) groups is 1. The van der Waals surface area contributed by atoms with Crippen LogP contribution in [0.4, 0.5) is 0 Å². The van der Waals surface area contributed by atoms with Gasteiger partial charge in [-0.1, -0.05) is 18.2 Å². The maximum atomic E-state index is 12.0.